The highest BCUT2D eigenvalue weighted by Gasteiger charge is 2.11. The molecule has 1 unspecified atom stereocenters. The summed E-state index contributed by atoms with van der Waals surface area (Å²) in [5, 5.41) is 2.84. The highest BCUT2D eigenvalue weighted by molar-refractivity contribution is 6.27. The Morgan fingerprint density at radius 1 is 1.47 bits per heavy atom. The van der Waals surface area contributed by atoms with E-state index >= 15 is 0 Å². The zero-order chi connectivity index (χ0) is 11.1. The largest absolute Gasteiger partial charge is 0.348 e. The summed E-state index contributed by atoms with van der Waals surface area (Å²) in [5.41, 5.74) is 1.07. The zero-order valence-electron chi connectivity index (χ0n) is 8.45. The molecular formula is C12H14ClNO. The number of benzene rings is 1. The summed E-state index contributed by atoms with van der Waals surface area (Å²) in [6.45, 7) is 3.67. The van der Waals surface area contributed by atoms with Gasteiger partial charge >= 0.3 is 0 Å². The molecule has 1 aromatic rings. The standard InChI is InChI=1S/C12H14ClNO/c1-2-6-11(14-12(15)9-13)10-7-4-3-5-8-10/h2-5,7-8,11H,1,6,9H2,(H,14,15). The first-order chi connectivity index (χ1) is 7.27. The van der Waals surface area contributed by atoms with E-state index in [0.29, 0.717) is 6.42 Å². The summed E-state index contributed by atoms with van der Waals surface area (Å²) < 4.78 is 0. The van der Waals surface area contributed by atoms with Gasteiger partial charge in [0.05, 0.1) is 6.04 Å². The second kappa shape index (κ2) is 6.25. The van der Waals surface area contributed by atoms with Crippen LogP contribution in [0.2, 0.25) is 0 Å². The highest BCUT2D eigenvalue weighted by atomic mass is 35.5. The molecule has 1 amide bonds. The Morgan fingerprint density at radius 3 is 2.67 bits per heavy atom. The van der Waals surface area contributed by atoms with E-state index in [1.807, 2.05) is 30.3 Å². The van der Waals surface area contributed by atoms with E-state index in [1.54, 1.807) is 6.08 Å². The van der Waals surface area contributed by atoms with Gasteiger partial charge in [-0.3, -0.25) is 4.79 Å². The van der Waals surface area contributed by atoms with Crippen LogP contribution >= 0.6 is 11.6 Å². The van der Waals surface area contributed by atoms with Gasteiger partial charge in [0.25, 0.3) is 0 Å². The van der Waals surface area contributed by atoms with Crippen molar-refractivity contribution >= 4 is 17.5 Å². The van der Waals surface area contributed by atoms with Crippen molar-refractivity contribution in [2.24, 2.45) is 0 Å². The molecule has 0 spiro atoms. The Balaban J connectivity index is 2.74. The number of rotatable bonds is 5. The molecule has 0 radical (unpaired) electrons. The number of carbonyl (C=O) groups excluding carboxylic acids is 1. The number of carbonyl (C=O) groups is 1. The van der Waals surface area contributed by atoms with Crippen molar-refractivity contribution in [1.82, 2.24) is 5.32 Å². The van der Waals surface area contributed by atoms with Crippen molar-refractivity contribution in [3.05, 3.63) is 48.6 Å². The maximum Gasteiger partial charge on any atom is 0.235 e. The van der Waals surface area contributed by atoms with E-state index in [4.69, 9.17) is 11.6 Å². The van der Waals surface area contributed by atoms with Crippen molar-refractivity contribution in [2.45, 2.75) is 12.5 Å². The molecule has 1 aromatic carbocycles. The fraction of sp³-hybridized carbons (Fsp3) is 0.250. The smallest absolute Gasteiger partial charge is 0.235 e. The number of alkyl halides is 1. The van der Waals surface area contributed by atoms with Crippen molar-refractivity contribution in [3.8, 4) is 0 Å². The number of amides is 1. The first kappa shape index (κ1) is 11.8. The molecule has 3 heteroatoms. The monoisotopic (exact) mass is 223 g/mol. The minimum Gasteiger partial charge on any atom is -0.348 e. The molecule has 0 bridgehead atoms. The van der Waals surface area contributed by atoms with E-state index in [-0.39, 0.29) is 17.8 Å². The normalized spacial score (nSPS) is 11.8. The lowest BCUT2D eigenvalue weighted by molar-refractivity contribution is -0.119. The lowest BCUT2D eigenvalue weighted by Crippen LogP contribution is -2.29. The Hall–Kier alpha value is -1.28. The number of hydrogen-bond donors (Lipinski definition) is 1. The Morgan fingerprint density at radius 2 is 2.13 bits per heavy atom. The summed E-state index contributed by atoms with van der Waals surface area (Å²) in [5.74, 6) is -0.173. The molecule has 15 heavy (non-hydrogen) atoms. The van der Waals surface area contributed by atoms with Crippen LogP contribution in [0.15, 0.2) is 43.0 Å². The third kappa shape index (κ3) is 3.76. The molecule has 0 saturated carbocycles. The van der Waals surface area contributed by atoms with E-state index in [2.05, 4.69) is 11.9 Å². The molecule has 0 heterocycles. The Bertz CT molecular complexity index is 324. The summed E-state index contributed by atoms with van der Waals surface area (Å²) in [4.78, 5) is 11.2. The SMILES string of the molecule is C=CCC(NC(=O)CCl)c1ccccc1. The molecule has 2 nitrogen and oxygen atoms in total. The maximum atomic E-state index is 11.2. The molecule has 0 saturated heterocycles. The van der Waals surface area contributed by atoms with Crippen LogP contribution in [-0.4, -0.2) is 11.8 Å². The molecule has 0 aliphatic heterocycles. The van der Waals surface area contributed by atoms with Gasteiger partial charge in [-0.15, -0.1) is 18.2 Å². The topological polar surface area (TPSA) is 29.1 Å². The lowest BCUT2D eigenvalue weighted by Gasteiger charge is -2.16. The van der Waals surface area contributed by atoms with Crippen molar-refractivity contribution in [2.75, 3.05) is 5.88 Å². The molecule has 1 N–H and O–H groups in total. The van der Waals surface area contributed by atoms with E-state index < -0.39 is 0 Å². The number of nitrogens with one attached hydrogen (secondary N) is 1. The number of halogens is 1. The van der Waals surface area contributed by atoms with Gasteiger partial charge in [-0.25, -0.2) is 0 Å². The van der Waals surface area contributed by atoms with Crippen LogP contribution < -0.4 is 5.32 Å². The minimum absolute atomic E-state index is 0.0134. The van der Waals surface area contributed by atoms with E-state index in [0.717, 1.165) is 5.56 Å². The van der Waals surface area contributed by atoms with E-state index in [9.17, 15) is 4.79 Å². The van der Waals surface area contributed by atoms with Crippen LogP contribution in [0.1, 0.15) is 18.0 Å². The second-order valence-corrected chi connectivity index (χ2v) is 3.46. The summed E-state index contributed by atoms with van der Waals surface area (Å²) in [6.07, 6.45) is 2.48. The molecule has 80 valence electrons. The van der Waals surface area contributed by atoms with Gasteiger partial charge in [-0.05, 0) is 12.0 Å². The van der Waals surface area contributed by atoms with Crippen LogP contribution in [0.4, 0.5) is 0 Å². The summed E-state index contributed by atoms with van der Waals surface area (Å²) in [6, 6.07) is 9.75. The summed E-state index contributed by atoms with van der Waals surface area (Å²) >= 11 is 5.45. The maximum absolute atomic E-state index is 11.2. The van der Waals surface area contributed by atoms with Gasteiger partial charge < -0.3 is 5.32 Å². The molecular weight excluding hydrogens is 210 g/mol. The van der Waals surface area contributed by atoms with Gasteiger partial charge in [-0.2, -0.15) is 0 Å². The van der Waals surface area contributed by atoms with E-state index in [1.165, 1.54) is 0 Å². The predicted molar refractivity (Wildman–Crippen MR) is 62.9 cm³/mol. The first-order valence-corrected chi connectivity index (χ1v) is 5.32. The Labute approximate surface area is 94.9 Å². The quantitative estimate of drug-likeness (QED) is 0.604. The average Bonchev–Trinajstić information content (AvgIpc) is 2.29. The van der Waals surface area contributed by atoms with Gasteiger partial charge in [-0.1, -0.05) is 36.4 Å². The van der Waals surface area contributed by atoms with Gasteiger partial charge in [0.1, 0.15) is 5.88 Å². The molecule has 0 fully saturated rings. The molecule has 0 aliphatic rings. The van der Waals surface area contributed by atoms with Crippen molar-refractivity contribution in [3.63, 3.8) is 0 Å². The second-order valence-electron chi connectivity index (χ2n) is 3.19. The minimum atomic E-state index is -0.160. The fourth-order valence-electron chi connectivity index (χ4n) is 1.36. The van der Waals surface area contributed by atoms with Crippen LogP contribution in [0.3, 0.4) is 0 Å². The zero-order valence-corrected chi connectivity index (χ0v) is 9.20. The van der Waals surface area contributed by atoms with Gasteiger partial charge in [0.15, 0.2) is 0 Å². The van der Waals surface area contributed by atoms with Crippen LogP contribution in [0.5, 0.6) is 0 Å². The van der Waals surface area contributed by atoms with Crippen LogP contribution in [-0.2, 0) is 4.79 Å². The van der Waals surface area contributed by atoms with Crippen LogP contribution in [0.25, 0.3) is 0 Å². The third-order valence-electron chi connectivity index (χ3n) is 2.06. The average molecular weight is 224 g/mol. The van der Waals surface area contributed by atoms with Crippen LogP contribution in [0, 0.1) is 0 Å². The fourth-order valence-corrected chi connectivity index (χ4v) is 1.44. The van der Waals surface area contributed by atoms with Gasteiger partial charge in [0, 0.05) is 0 Å². The Kier molecular flexibility index (Phi) is 4.91. The number of hydrogen-bond acceptors (Lipinski definition) is 1. The predicted octanol–water partition coefficient (Wildman–Crippen LogP) is 2.66. The molecule has 0 aliphatic carbocycles. The van der Waals surface area contributed by atoms with Crippen molar-refractivity contribution in [1.29, 1.82) is 0 Å². The lowest BCUT2D eigenvalue weighted by atomic mass is 10.0. The van der Waals surface area contributed by atoms with Crippen molar-refractivity contribution < 1.29 is 4.79 Å². The molecule has 1 rings (SSSR count). The highest BCUT2D eigenvalue weighted by Crippen LogP contribution is 2.16. The van der Waals surface area contributed by atoms with Gasteiger partial charge in [0.2, 0.25) is 5.91 Å². The third-order valence-corrected chi connectivity index (χ3v) is 2.30. The molecule has 0 aromatic heterocycles. The first-order valence-electron chi connectivity index (χ1n) is 4.79. The molecule has 1 atom stereocenters. The summed E-state index contributed by atoms with van der Waals surface area (Å²) in [7, 11) is 0.